The number of hydrogen-bond donors (Lipinski definition) is 0. The topological polar surface area (TPSA) is 78.8 Å². The summed E-state index contributed by atoms with van der Waals surface area (Å²) in [6.45, 7) is 1.74. The Hall–Kier alpha value is -4.27. The maximum Gasteiger partial charge on any atom is 0.240 e. The molecule has 0 aliphatic carbocycles. The van der Waals surface area contributed by atoms with Crippen molar-refractivity contribution in [1.82, 2.24) is 5.01 Å². The second-order valence-corrected chi connectivity index (χ2v) is 8.37. The normalized spacial score (nSPS) is 14.7. The Kier molecular flexibility index (Phi) is 7.81. The van der Waals surface area contributed by atoms with Crippen LogP contribution in [0.5, 0.6) is 28.7 Å². The van der Waals surface area contributed by atoms with Gasteiger partial charge in [0.25, 0.3) is 0 Å². The fourth-order valence-electron chi connectivity index (χ4n) is 4.23. The van der Waals surface area contributed by atoms with Crippen molar-refractivity contribution >= 4 is 11.6 Å². The molecule has 3 aromatic carbocycles. The maximum atomic E-state index is 13.2. The van der Waals surface area contributed by atoms with Gasteiger partial charge in [-0.1, -0.05) is 18.2 Å². The van der Waals surface area contributed by atoms with E-state index in [4.69, 9.17) is 23.7 Å². The zero-order valence-electron chi connectivity index (χ0n) is 21.4. The van der Waals surface area contributed by atoms with Gasteiger partial charge in [0.2, 0.25) is 11.7 Å². The van der Waals surface area contributed by atoms with Gasteiger partial charge >= 0.3 is 0 Å². The summed E-state index contributed by atoms with van der Waals surface area (Å²) >= 11 is 0. The molecule has 1 amide bonds. The van der Waals surface area contributed by atoms with E-state index in [2.05, 4.69) is 5.10 Å². The molecule has 3 aromatic rings. The fourth-order valence-corrected chi connectivity index (χ4v) is 4.23. The molecule has 0 N–H and O–H groups in total. The molecular weight excluding hydrogens is 479 g/mol. The Morgan fingerprint density at radius 2 is 1.54 bits per heavy atom. The first-order valence-electron chi connectivity index (χ1n) is 11.6. The van der Waals surface area contributed by atoms with Crippen molar-refractivity contribution in [2.24, 2.45) is 5.10 Å². The standard InChI is InChI=1S/C28H29FN2O6/c1-17(32)31-23(15-22(30-31)20-13-26(34-3)28(36-5)27(14-20)35-4)19-8-11-24(25(12-19)33-2)37-16-18-6-9-21(29)10-7-18/h6-14,23H,15-16H2,1-5H3. The molecule has 8 nitrogen and oxygen atoms in total. The number of hydrazone groups is 1. The third-order valence-corrected chi connectivity index (χ3v) is 6.11. The predicted octanol–water partition coefficient (Wildman–Crippen LogP) is 5.14. The molecule has 1 aliphatic rings. The van der Waals surface area contributed by atoms with Crippen molar-refractivity contribution in [2.45, 2.75) is 26.0 Å². The molecule has 0 bridgehead atoms. The van der Waals surface area contributed by atoms with Crippen LogP contribution in [0.3, 0.4) is 0 Å². The zero-order chi connectivity index (χ0) is 26.5. The summed E-state index contributed by atoms with van der Waals surface area (Å²) in [5.41, 5.74) is 3.13. The Bertz CT molecular complexity index is 1280. The van der Waals surface area contributed by atoms with Crippen LogP contribution in [0.2, 0.25) is 0 Å². The molecule has 0 saturated carbocycles. The van der Waals surface area contributed by atoms with E-state index in [1.165, 1.54) is 24.1 Å². The Labute approximate surface area is 215 Å². The van der Waals surface area contributed by atoms with Crippen molar-refractivity contribution in [3.8, 4) is 28.7 Å². The van der Waals surface area contributed by atoms with E-state index in [1.807, 2.05) is 24.3 Å². The van der Waals surface area contributed by atoms with Gasteiger partial charge in [-0.3, -0.25) is 4.79 Å². The maximum absolute atomic E-state index is 13.2. The number of nitrogens with zero attached hydrogens (tertiary/aromatic N) is 2. The van der Waals surface area contributed by atoms with Crippen molar-refractivity contribution in [1.29, 1.82) is 0 Å². The average Bonchev–Trinajstić information content (AvgIpc) is 3.38. The first-order chi connectivity index (χ1) is 17.9. The van der Waals surface area contributed by atoms with Crippen LogP contribution in [0, 0.1) is 5.82 Å². The third-order valence-electron chi connectivity index (χ3n) is 6.11. The molecular formula is C28H29FN2O6. The highest BCUT2D eigenvalue weighted by atomic mass is 19.1. The van der Waals surface area contributed by atoms with Gasteiger partial charge in [0.05, 0.1) is 40.2 Å². The molecule has 0 spiro atoms. The van der Waals surface area contributed by atoms with Crippen LogP contribution in [0.4, 0.5) is 4.39 Å². The summed E-state index contributed by atoms with van der Waals surface area (Å²) in [6.07, 6.45) is 0.469. The SMILES string of the molecule is COc1cc(C2CC(c3cc(OC)c(OC)c(OC)c3)=NN2C(C)=O)ccc1OCc1ccc(F)cc1. The van der Waals surface area contributed by atoms with E-state index in [0.29, 0.717) is 40.9 Å². The third kappa shape index (κ3) is 5.45. The molecule has 1 heterocycles. The van der Waals surface area contributed by atoms with E-state index in [9.17, 15) is 9.18 Å². The highest BCUT2D eigenvalue weighted by Gasteiger charge is 2.33. The number of ether oxygens (including phenoxy) is 5. The second-order valence-electron chi connectivity index (χ2n) is 8.37. The summed E-state index contributed by atoms with van der Waals surface area (Å²) in [5.74, 6) is 2.04. The monoisotopic (exact) mass is 508 g/mol. The van der Waals surface area contributed by atoms with Crippen LogP contribution in [0.1, 0.15) is 36.1 Å². The fraction of sp³-hybridized carbons (Fsp3) is 0.286. The van der Waals surface area contributed by atoms with Gasteiger partial charge in [0, 0.05) is 18.9 Å². The summed E-state index contributed by atoms with van der Waals surface area (Å²) in [4.78, 5) is 12.5. The number of benzene rings is 3. The molecule has 4 rings (SSSR count). The van der Waals surface area contributed by atoms with Crippen LogP contribution in [0.15, 0.2) is 59.7 Å². The largest absolute Gasteiger partial charge is 0.493 e. The molecule has 1 atom stereocenters. The van der Waals surface area contributed by atoms with Gasteiger partial charge in [-0.05, 0) is 47.5 Å². The number of methoxy groups -OCH3 is 4. The molecule has 1 unspecified atom stereocenters. The van der Waals surface area contributed by atoms with Crippen molar-refractivity contribution in [3.63, 3.8) is 0 Å². The van der Waals surface area contributed by atoms with Gasteiger partial charge in [0.15, 0.2) is 23.0 Å². The summed E-state index contributed by atoms with van der Waals surface area (Å²) in [7, 11) is 6.20. The smallest absolute Gasteiger partial charge is 0.240 e. The molecule has 9 heteroatoms. The van der Waals surface area contributed by atoms with Crippen LogP contribution < -0.4 is 23.7 Å². The first-order valence-corrected chi connectivity index (χ1v) is 11.6. The number of carbonyl (C=O) groups excluding carboxylic acids is 1. The molecule has 37 heavy (non-hydrogen) atoms. The molecule has 194 valence electrons. The summed E-state index contributed by atoms with van der Waals surface area (Å²) in [6, 6.07) is 14.9. The lowest BCUT2D eigenvalue weighted by atomic mass is 9.97. The molecule has 0 radical (unpaired) electrons. The summed E-state index contributed by atoms with van der Waals surface area (Å²) < 4.78 is 41.0. The van der Waals surface area contributed by atoms with Gasteiger partial charge < -0.3 is 23.7 Å². The van der Waals surface area contributed by atoms with Crippen molar-refractivity contribution in [2.75, 3.05) is 28.4 Å². The lowest BCUT2D eigenvalue weighted by Gasteiger charge is -2.21. The van der Waals surface area contributed by atoms with E-state index in [0.717, 1.165) is 16.7 Å². The second kappa shape index (κ2) is 11.2. The van der Waals surface area contributed by atoms with Crippen molar-refractivity contribution in [3.05, 3.63) is 77.1 Å². The van der Waals surface area contributed by atoms with E-state index >= 15 is 0 Å². The van der Waals surface area contributed by atoms with Crippen LogP contribution in [-0.4, -0.2) is 45.1 Å². The molecule has 0 fully saturated rings. The highest BCUT2D eigenvalue weighted by molar-refractivity contribution is 6.04. The Morgan fingerprint density at radius 1 is 0.892 bits per heavy atom. The minimum atomic E-state index is -0.341. The van der Waals surface area contributed by atoms with Crippen LogP contribution >= 0.6 is 0 Å². The number of carbonyl (C=O) groups is 1. The Morgan fingerprint density at radius 3 is 2.11 bits per heavy atom. The van der Waals surface area contributed by atoms with E-state index < -0.39 is 0 Å². The van der Waals surface area contributed by atoms with Gasteiger partial charge in [0.1, 0.15) is 12.4 Å². The number of hydrogen-bond acceptors (Lipinski definition) is 7. The number of rotatable bonds is 9. The first kappa shape index (κ1) is 25.8. The van der Waals surface area contributed by atoms with E-state index in [1.54, 1.807) is 46.6 Å². The minimum absolute atomic E-state index is 0.192. The average molecular weight is 509 g/mol. The number of amides is 1. The molecule has 1 aliphatic heterocycles. The van der Waals surface area contributed by atoms with Gasteiger partial charge in [-0.25, -0.2) is 9.40 Å². The minimum Gasteiger partial charge on any atom is -0.493 e. The van der Waals surface area contributed by atoms with Gasteiger partial charge in [-0.2, -0.15) is 5.10 Å². The highest BCUT2D eigenvalue weighted by Crippen LogP contribution is 2.42. The zero-order valence-corrected chi connectivity index (χ0v) is 21.4. The molecule has 0 saturated heterocycles. The quantitative estimate of drug-likeness (QED) is 0.399. The van der Waals surface area contributed by atoms with Gasteiger partial charge in [-0.15, -0.1) is 0 Å². The lowest BCUT2D eigenvalue weighted by molar-refractivity contribution is -0.130. The molecule has 0 aromatic heterocycles. The van der Waals surface area contributed by atoms with Crippen LogP contribution in [-0.2, 0) is 11.4 Å². The summed E-state index contributed by atoms with van der Waals surface area (Å²) in [5, 5.41) is 6.09. The van der Waals surface area contributed by atoms with Crippen LogP contribution in [0.25, 0.3) is 0 Å². The predicted molar refractivity (Wildman–Crippen MR) is 136 cm³/mol. The Balaban J connectivity index is 1.60. The van der Waals surface area contributed by atoms with Crippen molar-refractivity contribution < 1.29 is 32.9 Å². The number of halogens is 1. The van der Waals surface area contributed by atoms with E-state index in [-0.39, 0.29) is 24.4 Å². The lowest BCUT2D eigenvalue weighted by Crippen LogP contribution is -2.24.